The second kappa shape index (κ2) is 12.9. The molecule has 0 spiro atoms. The number of nitrogens with one attached hydrogen (secondary N) is 2. The first-order chi connectivity index (χ1) is 16.0. The summed E-state index contributed by atoms with van der Waals surface area (Å²) in [7, 11) is 0. The van der Waals surface area contributed by atoms with Crippen LogP contribution in [0, 0.1) is 22.7 Å². The number of hydrogen-bond acceptors (Lipinski definition) is 4. The van der Waals surface area contributed by atoms with E-state index in [1.54, 1.807) is 60.7 Å². The zero-order valence-corrected chi connectivity index (χ0v) is 18.5. The molecule has 6 nitrogen and oxygen atoms in total. The van der Waals surface area contributed by atoms with Gasteiger partial charge in [-0.05, 0) is 55.7 Å². The largest absolute Gasteiger partial charge is 0.321 e. The fourth-order valence-electron chi connectivity index (χ4n) is 2.90. The average Bonchev–Trinajstić information content (AvgIpc) is 2.81. The molecule has 0 aliphatic heterocycles. The second-order valence-electron chi connectivity index (χ2n) is 6.91. The van der Waals surface area contributed by atoms with Gasteiger partial charge in [0.1, 0.15) is 12.1 Å². The van der Waals surface area contributed by atoms with Crippen molar-refractivity contribution in [3.05, 3.63) is 107 Å². The molecule has 0 aromatic heterocycles. The summed E-state index contributed by atoms with van der Waals surface area (Å²) in [5.41, 5.74) is 3.25. The predicted octanol–water partition coefficient (Wildman–Crippen LogP) is 5.16. The summed E-state index contributed by atoms with van der Waals surface area (Å²) in [6, 6.07) is 14.6. The first-order valence-electron chi connectivity index (χ1n) is 10.3. The van der Waals surface area contributed by atoms with E-state index in [4.69, 9.17) is 0 Å². The molecule has 2 aromatic rings. The minimum atomic E-state index is -0.325. The number of anilines is 2. The molecule has 2 aromatic carbocycles. The molecule has 6 heteroatoms. The van der Waals surface area contributed by atoms with E-state index in [1.807, 2.05) is 26.0 Å². The van der Waals surface area contributed by atoms with E-state index < -0.39 is 0 Å². The van der Waals surface area contributed by atoms with Gasteiger partial charge in [0.25, 0.3) is 0 Å². The van der Waals surface area contributed by atoms with E-state index in [0.29, 0.717) is 28.9 Å². The van der Waals surface area contributed by atoms with Crippen molar-refractivity contribution in [1.82, 2.24) is 0 Å². The number of allylic oxidation sites excluding steroid dienone is 6. The highest BCUT2D eigenvalue weighted by Crippen LogP contribution is 2.22. The van der Waals surface area contributed by atoms with Gasteiger partial charge in [-0.15, -0.1) is 0 Å². The third-order valence-electron chi connectivity index (χ3n) is 4.44. The van der Waals surface area contributed by atoms with Crippen LogP contribution in [0.2, 0.25) is 0 Å². The number of carbonyl (C=O) groups excluding carboxylic acids is 2. The summed E-state index contributed by atoms with van der Waals surface area (Å²) in [5.74, 6) is -0.650. The van der Waals surface area contributed by atoms with Crippen molar-refractivity contribution < 1.29 is 9.59 Å². The number of benzene rings is 2. The maximum atomic E-state index is 12.0. The third kappa shape index (κ3) is 7.82. The predicted molar refractivity (Wildman–Crippen MR) is 130 cm³/mol. The van der Waals surface area contributed by atoms with Gasteiger partial charge in [0.05, 0.1) is 22.5 Å². The van der Waals surface area contributed by atoms with Crippen LogP contribution in [0.15, 0.2) is 85.0 Å². The molecule has 2 rings (SSSR count). The molecule has 0 aliphatic rings. The Morgan fingerprint density at radius 2 is 1.18 bits per heavy atom. The van der Waals surface area contributed by atoms with Crippen molar-refractivity contribution in [3.8, 4) is 12.1 Å². The number of nitriles is 2. The smallest absolute Gasteiger partial charge is 0.248 e. The van der Waals surface area contributed by atoms with Crippen molar-refractivity contribution >= 4 is 23.2 Å². The third-order valence-corrected chi connectivity index (χ3v) is 4.44. The molecule has 0 unspecified atom stereocenters. The van der Waals surface area contributed by atoms with Gasteiger partial charge in [-0.1, -0.05) is 48.6 Å². The van der Waals surface area contributed by atoms with Gasteiger partial charge in [0, 0.05) is 12.2 Å². The summed E-state index contributed by atoms with van der Waals surface area (Å²) in [5, 5.41) is 24.4. The fraction of sp³-hybridized carbons (Fsp3) is 0.111. The van der Waals surface area contributed by atoms with Crippen molar-refractivity contribution in [3.63, 3.8) is 0 Å². The van der Waals surface area contributed by atoms with Crippen molar-refractivity contribution in [2.75, 3.05) is 10.6 Å². The van der Waals surface area contributed by atoms with Crippen LogP contribution in [0.1, 0.15) is 36.1 Å². The molecule has 0 atom stereocenters. The van der Waals surface area contributed by atoms with Gasteiger partial charge in [-0.2, -0.15) is 10.5 Å². The lowest BCUT2D eigenvalue weighted by molar-refractivity contribution is -0.112. The molecule has 2 amide bonds. The van der Waals surface area contributed by atoms with E-state index in [0.717, 1.165) is 11.1 Å². The molecule has 0 fully saturated rings. The Hall–Kier alpha value is -4.68. The highest BCUT2D eigenvalue weighted by Gasteiger charge is 2.09. The van der Waals surface area contributed by atoms with E-state index in [9.17, 15) is 20.1 Å². The highest BCUT2D eigenvalue weighted by atomic mass is 16.2. The summed E-state index contributed by atoms with van der Waals surface area (Å²) in [6.07, 6.45) is 13.6. The normalized spacial score (nSPS) is 11.2. The van der Waals surface area contributed by atoms with Gasteiger partial charge in [-0.25, -0.2) is 0 Å². The Bertz CT molecular complexity index is 1130. The van der Waals surface area contributed by atoms with Crippen LogP contribution >= 0.6 is 0 Å². The summed E-state index contributed by atoms with van der Waals surface area (Å²) in [4.78, 5) is 23.9. The van der Waals surface area contributed by atoms with E-state index in [1.165, 1.54) is 12.2 Å². The molecule has 0 heterocycles. The Morgan fingerprint density at radius 1 is 0.758 bits per heavy atom. The monoisotopic (exact) mass is 436 g/mol. The fourth-order valence-corrected chi connectivity index (χ4v) is 2.90. The lowest BCUT2D eigenvalue weighted by Gasteiger charge is -2.10. The first-order valence-corrected chi connectivity index (χ1v) is 10.3. The van der Waals surface area contributed by atoms with Crippen LogP contribution in [0.3, 0.4) is 0 Å². The highest BCUT2D eigenvalue weighted by molar-refractivity contribution is 6.01. The lowest BCUT2D eigenvalue weighted by Crippen LogP contribution is -2.10. The zero-order chi connectivity index (χ0) is 24.1. The number of hydrogen-bond donors (Lipinski definition) is 2. The topological polar surface area (TPSA) is 106 Å². The van der Waals surface area contributed by atoms with Crippen LogP contribution in [0.4, 0.5) is 11.4 Å². The van der Waals surface area contributed by atoms with Crippen LogP contribution < -0.4 is 10.6 Å². The van der Waals surface area contributed by atoms with E-state index in [-0.39, 0.29) is 11.8 Å². The maximum Gasteiger partial charge on any atom is 0.248 e. The minimum Gasteiger partial charge on any atom is -0.321 e. The number of carbonyl (C=O) groups is 2. The Labute approximate surface area is 193 Å². The van der Waals surface area contributed by atoms with Gasteiger partial charge < -0.3 is 10.6 Å². The lowest BCUT2D eigenvalue weighted by atomic mass is 10.00. The molecule has 0 saturated carbocycles. The maximum absolute atomic E-state index is 12.0. The Kier molecular flexibility index (Phi) is 9.60. The van der Waals surface area contributed by atoms with Crippen LogP contribution in [0.5, 0.6) is 0 Å². The summed E-state index contributed by atoms with van der Waals surface area (Å²) < 4.78 is 0. The minimum absolute atomic E-state index is 0.325. The summed E-state index contributed by atoms with van der Waals surface area (Å²) in [6.45, 7) is 3.70. The molecule has 0 bridgehead atoms. The first kappa shape index (κ1) is 24.6. The molecular weight excluding hydrogens is 412 g/mol. The molecular formula is C27H24N4O2. The molecule has 0 saturated heterocycles. The van der Waals surface area contributed by atoms with Crippen molar-refractivity contribution in [2.24, 2.45) is 0 Å². The quantitative estimate of drug-likeness (QED) is 0.440. The van der Waals surface area contributed by atoms with Crippen LogP contribution in [0.25, 0.3) is 0 Å². The van der Waals surface area contributed by atoms with Gasteiger partial charge in [0.15, 0.2) is 0 Å². The van der Waals surface area contributed by atoms with E-state index in [2.05, 4.69) is 22.8 Å². The second-order valence-corrected chi connectivity index (χ2v) is 6.91. The van der Waals surface area contributed by atoms with E-state index >= 15 is 0 Å². The molecule has 33 heavy (non-hydrogen) atoms. The zero-order valence-electron chi connectivity index (χ0n) is 18.5. The number of rotatable bonds is 8. The van der Waals surface area contributed by atoms with Crippen LogP contribution in [-0.4, -0.2) is 11.8 Å². The standard InChI is InChI=1S/C27H24N4O2/c1-3-5-7-9-26(32)30-24-13-11-20(16-22(24)18-28)15-21-12-14-25(23(17-21)19-29)31-27(33)10-8-6-4-2/h3-14,16-17H,15H2,1-2H3,(H,30,32)(H,31,33)/b5-3+,6-4+,9-7+,10-8+. The van der Waals surface area contributed by atoms with Crippen LogP contribution in [-0.2, 0) is 16.0 Å². The van der Waals surface area contributed by atoms with Crippen molar-refractivity contribution in [2.45, 2.75) is 20.3 Å². The number of nitrogens with zero attached hydrogens (tertiary/aromatic N) is 2. The average molecular weight is 437 g/mol. The van der Waals surface area contributed by atoms with Gasteiger partial charge >= 0.3 is 0 Å². The van der Waals surface area contributed by atoms with Gasteiger partial charge in [0.2, 0.25) is 11.8 Å². The summed E-state index contributed by atoms with van der Waals surface area (Å²) >= 11 is 0. The SMILES string of the molecule is C/C=C/C=C/C(=O)Nc1ccc(Cc2ccc(NC(=O)/C=C/C=C/C)c(C#N)c2)cc1C#N. The Balaban J connectivity index is 2.17. The van der Waals surface area contributed by atoms with Crippen molar-refractivity contribution in [1.29, 1.82) is 10.5 Å². The molecule has 164 valence electrons. The molecule has 0 radical (unpaired) electrons. The van der Waals surface area contributed by atoms with Gasteiger partial charge in [-0.3, -0.25) is 9.59 Å². The molecule has 2 N–H and O–H groups in total. The Morgan fingerprint density at radius 3 is 1.55 bits per heavy atom. The number of amides is 2. The molecule has 0 aliphatic carbocycles.